The largest absolute Gasteiger partial charge is 0.362 e. The van der Waals surface area contributed by atoms with Crippen LogP contribution in [0.25, 0.3) is 0 Å². The number of aryl methyl sites for hydroxylation is 1. The lowest BCUT2D eigenvalue weighted by molar-refractivity contribution is 0.385. The molecule has 3 N–H and O–H groups in total. The highest BCUT2D eigenvalue weighted by molar-refractivity contribution is 7.80. The van der Waals surface area contributed by atoms with Crippen LogP contribution in [0.5, 0.6) is 0 Å². The van der Waals surface area contributed by atoms with Gasteiger partial charge in [-0.25, -0.2) is 4.98 Å². The van der Waals surface area contributed by atoms with Crippen molar-refractivity contribution in [3.63, 3.8) is 0 Å². The Balaban J connectivity index is 1.26. The molecule has 1 aromatic carbocycles. The maximum absolute atomic E-state index is 5.50. The van der Waals surface area contributed by atoms with Gasteiger partial charge in [-0.3, -0.25) is 0 Å². The summed E-state index contributed by atoms with van der Waals surface area (Å²) in [4.78, 5) is 11.9. The summed E-state index contributed by atoms with van der Waals surface area (Å²) < 4.78 is 0. The first-order valence-electron chi connectivity index (χ1n) is 11.5. The van der Waals surface area contributed by atoms with E-state index in [1.807, 2.05) is 6.07 Å². The van der Waals surface area contributed by atoms with Crippen LogP contribution in [0.4, 0.5) is 11.8 Å². The second-order valence-corrected chi connectivity index (χ2v) is 9.31. The molecule has 0 amide bonds. The van der Waals surface area contributed by atoms with E-state index < -0.39 is 0 Å². The molecule has 1 heterocycles. The number of thiocarbonyl (C=S) groups is 1. The Hall–Kier alpha value is -2.41. The number of nitrogens with one attached hydrogen (secondary N) is 3. The maximum atomic E-state index is 5.50. The van der Waals surface area contributed by atoms with E-state index in [-0.39, 0.29) is 0 Å². The van der Waals surface area contributed by atoms with E-state index in [0.29, 0.717) is 12.1 Å². The van der Waals surface area contributed by atoms with Crippen LogP contribution in [0, 0.1) is 0 Å². The molecule has 1 aromatic heterocycles. The fourth-order valence-corrected chi connectivity index (χ4v) is 4.83. The number of aromatic nitrogens is 2. The van der Waals surface area contributed by atoms with Gasteiger partial charge in [0.25, 0.3) is 0 Å². The summed E-state index contributed by atoms with van der Waals surface area (Å²) in [6.45, 7) is 0.757. The van der Waals surface area contributed by atoms with Crippen molar-refractivity contribution in [2.75, 3.05) is 24.3 Å². The van der Waals surface area contributed by atoms with Gasteiger partial charge in [0.1, 0.15) is 5.82 Å². The lowest BCUT2D eigenvalue weighted by Gasteiger charge is -2.31. The molecule has 0 aliphatic heterocycles. The van der Waals surface area contributed by atoms with Gasteiger partial charge in [-0.2, -0.15) is 4.98 Å². The quantitative estimate of drug-likeness (QED) is 0.593. The van der Waals surface area contributed by atoms with Crippen molar-refractivity contribution in [2.24, 2.45) is 0 Å². The smallest absolute Gasteiger partial charge is 0.225 e. The minimum atomic E-state index is 0.417. The highest BCUT2D eigenvalue weighted by Crippen LogP contribution is 2.29. The third-order valence-electron chi connectivity index (χ3n) is 6.28. The predicted molar refractivity (Wildman–Crippen MR) is 132 cm³/mol. The second-order valence-electron chi connectivity index (χ2n) is 8.90. The highest BCUT2D eigenvalue weighted by atomic mass is 32.1. The van der Waals surface area contributed by atoms with E-state index in [1.54, 1.807) is 0 Å². The molecule has 7 heteroatoms. The zero-order chi connectivity index (χ0) is 21.6. The lowest BCUT2D eigenvalue weighted by atomic mass is 9.91. The van der Waals surface area contributed by atoms with Crippen molar-refractivity contribution >= 4 is 29.1 Å². The van der Waals surface area contributed by atoms with Crippen LogP contribution < -0.4 is 20.9 Å². The van der Waals surface area contributed by atoms with E-state index >= 15 is 0 Å². The van der Waals surface area contributed by atoms with Crippen LogP contribution in [0.1, 0.15) is 55.3 Å². The van der Waals surface area contributed by atoms with Crippen molar-refractivity contribution in [3.8, 4) is 0 Å². The van der Waals surface area contributed by atoms with Gasteiger partial charge >= 0.3 is 0 Å². The molecule has 0 bridgehead atoms. The van der Waals surface area contributed by atoms with Gasteiger partial charge in [-0.05, 0) is 69.1 Å². The molecule has 31 heavy (non-hydrogen) atoms. The molecule has 6 nitrogen and oxygen atoms in total. The molecule has 1 saturated carbocycles. The van der Waals surface area contributed by atoms with Gasteiger partial charge in [0.15, 0.2) is 5.11 Å². The summed E-state index contributed by atoms with van der Waals surface area (Å²) in [5.41, 5.74) is 3.81. The van der Waals surface area contributed by atoms with Crippen molar-refractivity contribution in [3.05, 3.63) is 47.2 Å². The normalized spacial score (nSPS) is 20.5. The second kappa shape index (κ2) is 10.3. The van der Waals surface area contributed by atoms with Crippen LogP contribution in [0.2, 0.25) is 0 Å². The van der Waals surface area contributed by atoms with Gasteiger partial charge in [-0.1, -0.05) is 30.3 Å². The summed E-state index contributed by atoms with van der Waals surface area (Å²) in [7, 11) is 4.15. The summed E-state index contributed by atoms with van der Waals surface area (Å²) in [5, 5.41) is 11.2. The zero-order valence-electron chi connectivity index (χ0n) is 18.7. The average molecular weight is 439 g/mol. The average Bonchev–Trinajstić information content (AvgIpc) is 2.79. The summed E-state index contributed by atoms with van der Waals surface area (Å²) in [5.74, 6) is 1.87. The molecule has 0 spiro atoms. The monoisotopic (exact) mass is 438 g/mol. The third kappa shape index (κ3) is 5.85. The van der Waals surface area contributed by atoms with Crippen molar-refractivity contribution in [2.45, 2.75) is 70.0 Å². The molecule has 2 aromatic rings. The zero-order valence-corrected chi connectivity index (χ0v) is 19.5. The minimum Gasteiger partial charge on any atom is -0.362 e. The first-order chi connectivity index (χ1) is 15.1. The Labute approximate surface area is 191 Å². The highest BCUT2D eigenvalue weighted by Gasteiger charge is 2.24. The van der Waals surface area contributed by atoms with Gasteiger partial charge in [0, 0.05) is 38.3 Å². The molecule has 166 valence electrons. The molecular formula is C24H34N6S. The number of benzene rings is 1. The standard InChI is InChI=1S/C24H34N6S/c1-30(2)22-20-10-6-7-11-21(20)28-23(29-22)26-18-12-14-19(15-13-18)27-24(31)25-16-17-8-4-3-5-9-17/h3-5,8-9,18-19H,6-7,10-16H2,1-2H3,(H2,25,27,31)(H,26,28,29). The molecule has 0 unspecified atom stereocenters. The third-order valence-corrected chi connectivity index (χ3v) is 6.54. The van der Waals surface area contributed by atoms with E-state index in [0.717, 1.165) is 61.9 Å². The summed E-state index contributed by atoms with van der Waals surface area (Å²) in [6.07, 6.45) is 9.00. The molecule has 0 radical (unpaired) electrons. The molecular weight excluding hydrogens is 404 g/mol. The predicted octanol–water partition coefficient (Wildman–Crippen LogP) is 3.81. The molecule has 4 rings (SSSR count). The molecule has 2 aliphatic carbocycles. The van der Waals surface area contributed by atoms with E-state index in [4.69, 9.17) is 22.2 Å². The van der Waals surface area contributed by atoms with Gasteiger partial charge in [0.2, 0.25) is 5.95 Å². The Morgan fingerprint density at radius 2 is 1.71 bits per heavy atom. The van der Waals surface area contributed by atoms with Gasteiger partial charge in [-0.15, -0.1) is 0 Å². The van der Waals surface area contributed by atoms with Crippen molar-refractivity contribution < 1.29 is 0 Å². The molecule has 1 fully saturated rings. The van der Waals surface area contributed by atoms with E-state index in [1.165, 1.54) is 29.7 Å². The number of hydrogen-bond acceptors (Lipinski definition) is 5. The number of nitrogens with zero attached hydrogens (tertiary/aromatic N) is 3. The van der Waals surface area contributed by atoms with Crippen LogP contribution in [-0.4, -0.2) is 41.3 Å². The fraction of sp³-hybridized carbons (Fsp3) is 0.542. The van der Waals surface area contributed by atoms with Crippen molar-refractivity contribution in [1.82, 2.24) is 20.6 Å². The van der Waals surface area contributed by atoms with E-state index in [9.17, 15) is 0 Å². The fourth-order valence-electron chi connectivity index (χ4n) is 4.59. The van der Waals surface area contributed by atoms with Crippen LogP contribution in [-0.2, 0) is 19.4 Å². The summed E-state index contributed by atoms with van der Waals surface area (Å²) in [6, 6.07) is 11.2. The Morgan fingerprint density at radius 1 is 1.00 bits per heavy atom. The van der Waals surface area contributed by atoms with E-state index in [2.05, 4.69) is 59.2 Å². The maximum Gasteiger partial charge on any atom is 0.225 e. The number of rotatable bonds is 6. The number of fused-ring (bicyclic) bond motifs is 1. The van der Waals surface area contributed by atoms with Crippen LogP contribution >= 0.6 is 12.2 Å². The first kappa shape index (κ1) is 21.8. The Kier molecular flexibility index (Phi) is 7.22. The SMILES string of the molecule is CN(C)c1nc(NC2CCC(NC(=S)NCc3ccccc3)CC2)nc2c1CCCC2. The van der Waals surface area contributed by atoms with Crippen LogP contribution in [0.15, 0.2) is 30.3 Å². The van der Waals surface area contributed by atoms with Gasteiger partial charge < -0.3 is 20.9 Å². The van der Waals surface area contributed by atoms with Crippen molar-refractivity contribution in [1.29, 1.82) is 0 Å². The Morgan fingerprint density at radius 3 is 2.45 bits per heavy atom. The summed E-state index contributed by atoms with van der Waals surface area (Å²) >= 11 is 5.50. The topological polar surface area (TPSA) is 65.1 Å². The van der Waals surface area contributed by atoms with Crippen LogP contribution in [0.3, 0.4) is 0 Å². The molecule has 0 saturated heterocycles. The minimum absolute atomic E-state index is 0.417. The molecule has 2 aliphatic rings. The van der Waals surface area contributed by atoms with Gasteiger partial charge in [0.05, 0.1) is 5.69 Å². The lowest BCUT2D eigenvalue weighted by Crippen LogP contribution is -2.44. The number of hydrogen-bond donors (Lipinski definition) is 3. The molecule has 0 atom stereocenters. The first-order valence-corrected chi connectivity index (χ1v) is 11.9. The Bertz CT molecular complexity index is 877. The number of anilines is 2.